The average molecular weight is 384 g/mol. The highest BCUT2D eigenvalue weighted by molar-refractivity contribution is 5.92. The minimum absolute atomic E-state index is 0.404. The third-order valence-electron chi connectivity index (χ3n) is 5.91. The second kappa shape index (κ2) is 7.05. The summed E-state index contributed by atoms with van der Waals surface area (Å²) in [5, 5.41) is 11.4. The van der Waals surface area contributed by atoms with Crippen LogP contribution in [-0.2, 0) is 12.3 Å². The van der Waals surface area contributed by atoms with Crippen molar-refractivity contribution in [3.8, 4) is 22.4 Å². The molecule has 0 unspecified atom stereocenters. The first-order valence-electron chi connectivity index (χ1n) is 9.91. The summed E-state index contributed by atoms with van der Waals surface area (Å²) in [5.74, 6) is 0. The van der Waals surface area contributed by atoms with E-state index in [1.54, 1.807) is 6.20 Å². The zero-order valence-corrected chi connectivity index (χ0v) is 16.0. The molecule has 0 radical (unpaired) electrons. The Kier molecular flexibility index (Phi) is 4.36. The van der Waals surface area contributed by atoms with E-state index in [1.165, 1.54) is 0 Å². The number of hydrogen-bond donors (Lipinski definition) is 1. The number of alkyl halides is 1. The highest BCUT2D eigenvalue weighted by atomic mass is 19.1. The van der Waals surface area contributed by atoms with Gasteiger partial charge in [0.15, 0.2) is 0 Å². The first-order chi connectivity index (χ1) is 14.2. The number of pyridine rings is 2. The van der Waals surface area contributed by atoms with E-state index < -0.39 is 12.3 Å². The highest BCUT2D eigenvalue weighted by Crippen LogP contribution is 2.42. The minimum atomic E-state index is -0.681. The molecule has 1 aliphatic rings. The van der Waals surface area contributed by atoms with Crippen molar-refractivity contribution < 1.29 is 9.50 Å². The molecule has 0 aliphatic heterocycles. The summed E-state index contributed by atoms with van der Waals surface area (Å²) < 4.78 is 13.5. The minimum Gasteiger partial charge on any atom is -0.385 e. The maximum Gasteiger partial charge on any atom is 0.132 e. The molecule has 1 saturated carbocycles. The van der Waals surface area contributed by atoms with E-state index in [2.05, 4.69) is 4.98 Å². The predicted molar refractivity (Wildman–Crippen MR) is 113 cm³/mol. The van der Waals surface area contributed by atoms with Crippen molar-refractivity contribution in [2.24, 2.45) is 0 Å². The Labute approximate surface area is 168 Å². The third-order valence-corrected chi connectivity index (χ3v) is 5.91. The molecule has 4 heteroatoms. The molecule has 1 fully saturated rings. The molecule has 2 heterocycles. The monoisotopic (exact) mass is 384 g/mol. The number of hydrogen-bond acceptors (Lipinski definition) is 3. The third kappa shape index (κ3) is 3.10. The van der Waals surface area contributed by atoms with Gasteiger partial charge in [-0.15, -0.1) is 0 Å². The van der Waals surface area contributed by atoms with Crippen LogP contribution in [0.15, 0.2) is 72.9 Å². The molecule has 29 heavy (non-hydrogen) atoms. The summed E-state index contributed by atoms with van der Waals surface area (Å²) in [5.41, 5.74) is 5.18. The van der Waals surface area contributed by atoms with Crippen molar-refractivity contribution in [3.05, 3.63) is 84.2 Å². The maximum atomic E-state index is 13.5. The molecule has 0 amide bonds. The van der Waals surface area contributed by atoms with E-state index in [-0.39, 0.29) is 0 Å². The molecule has 2 aromatic heterocycles. The smallest absolute Gasteiger partial charge is 0.132 e. The predicted octanol–water partition coefficient (Wildman–Crippen LogP) is 5.80. The Morgan fingerprint density at radius 3 is 2.34 bits per heavy atom. The number of aromatic nitrogens is 2. The molecule has 4 aromatic rings. The Bertz CT molecular complexity index is 1170. The van der Waals surface area contributed by atoms with Gasteiger partial charge in [0, 0.05) is 22.7 Å². The van der Waals surface area contributed by atoms with Gasteiger partial charge < -0.3 is 5.11 Å². The lowest BCUT2D eigenvalue weighted by molar-refractivity contribution is -0.0387. The van der Waals surface area contributed by atoms with Crippen molar-refractivity contribution in [2.45, 2.75) is 31.5 Å². The fourth-order valence-electron chi connectivity index (χ4n) is 4.06. The molecular weight excluding hydrogens is 363 g/mol. The lowest BCUT2D eigenvalue weighted by atomic mass is 9.75. The molecule has 0 saturated heterocycles. The van der Waals surface area contributed by atoms with Crippen LogP contribution in [-0.4, -0.2) is 15.1 Å². The summed E-state index contributed by atoms with van der Waals surface area (Å²) in [7, 11) is 0. The van der Waals surface area contributed by atoms with Crippen molar-refractivity contribution in [1.29, 1.82) is 0 Å². The second-order valence-corrected chi connectivity index (χ2v) is 7.67. The molecule has 3 nitrogen and oxygen atoms in total. The van der Waals surface area contributed by atoms with Crippen LogP contribution in [0, 0.1) is 0 Å². The highest BCUT2D eigenvalue weighted by Gasteiger charge is 2.36. The van der Waals surface area contributed by atoms with Crippen LogP contribution in [0.5, 0.6) is 0 Å². The van der Waals surface area contributed by atoms with Crippen molar-refractivity contribution in [3.63, 3.8) is 0 Å². The zero-order valence-electron chi connectivity index (χ0n) is 16.0. The molecule has 1 N–H and O–H groups in total. The number of rotatable bonds is 4. The number of benzene rings is 2. The van der Waals surface area contributed by atoms with Crippen LogP contribution in [0.4, 0.5) is 4.39 Å². The number of fused-ring (bicyclic) bond motifs is 1. The maximum absolute atomic E-state index is 13.5. The Hall–Kier alpha value is -3.11. The molecule has 0 bridgehead atoms. The van der Waals surface area contributed by atoms with Crippen molar-refractivity contribution >= 4 is 10.9 Å². The first kappa shape index (κ1) is 18.0. The van der Waals surface area contributed by atoms with Gasteiger partial charge in [-0.3, -0.25) is 4.98 Å². The summed E-state index contributed by atoms with van der Waals surface area (Å²) in [6.45, 7) is -0.625. The van der Waals surface area contributed by atoms with Crippen LogP contribution < -0.4 is 0 Å². The first-order valence-corrected chi connectivity index (χ1v) is 9.91. The van der Waals surface area contributed by atoms with E-state index in [0.717, 1.165) is 58.1 Å². The van der Waals surface area contributed by atoms with Crippen LogP contribution in [0.1, 0.15) is 30.5 Å². The van der Waals surface area contributed by atoms with Gasteiger partial charge in [0.25, 0.3) is 0 Å². The van der Waals surface area contributed by atoms with Gasteiger partial charge in [-0.05, 0) is 42.5 Å². The second-order valence-electron chi connectivity index (χ2n) is 7.67. The average Bonchev–Trinajstić information content (AvgIpc) is 2.77. The van der Waals surface area contributed by atoms with Gasteiger partial charge in [0.1, 0.15) is 6.67 Å². The fraction of sp³-hybridized carbons (Fsp3) is 0.200. The summed E-state index contributed by atoms with van der Waals surface area (Å²) in [4.78, 5) is 9.06. The quantitative estimate of drug-likeness (QED) is 0.483. The van der Waals surface area contributed by atoms with Crippen LogP contribution in [0.2, 0.25) is 0 Å². The van der Waals surface area contributed by atoms with E-state index in [4.69, 9.17) is 4.98 Å². The van der Waals surface area contributed by atoms with Crippen LogP contribution >= 0.6 is 0 Å². The van der Waals surface area contributed by atoms with Gasteiger partial charge in [0.05, 0.1) is 22.5 Å². The van der Waals surface area contributed by atoms with Crippen molar-refractivity contribution in [1.82, 2.24) is 9.97 Å². The van der Waals surface area contributed by atoms with Crippen LogP contribution in [0.25, 0.3) is 33.3 Å². The lowest BCUT2D eigenvalue weighted by Crippen LogP contribution is -2.33. The summed E-state index contributed by atoms with van der Waals surface area (Å²) in [6.07, 6.45) is 4.29. The Morgan fingerprint density at radius 1 is 0.931 bits per heavy atom. The summed E-state index contributed by atoms with van der Waals surface area (Å²) in [6, 6.07) is 21.8. The molecule has 2 aromatic carbocycles. The molecule has 0 spiro atoms. The van der Waals surface area contributed by atoms with E-state index >= 15 is 0 Å². The molecular formula is C25H21FN2O. The fourth-order valence-corrected chi connectivity index (χ4v) is 4.06. The molecule has 0 atom stereocenters. The van der Waals surface area contributed by atoms with Gasteiger partial charge in [-0.25, -0.2) is 9.37 Å². The lowest BCUT2D eigenvalue weighted by Gasteiger charge is -2.37. The number of nitrogens with zero attached hydrogens (tertiary/aromatic N) is 2. The van der Waals surface area contributed by atoms with Gasteiger partial charge in [0.2, 0.25) is 0 Å². The normalized spacial score (nSPS) is 15.2. The molecule has 5 rings (SSSR count). The number of halogens is 1. The van der Waals surface area contributed by atoms with E-state index in [1.807, 2.05) is 66.7 Å². The standard InChI is InChI=1S/C25H21FN2O/c26-16-23-21-15-20(17-5-2-1-3-6-17)24(28-22(21)11-14-27-23)18-7-9-19(10-8-18)25(29)12-4-13-25/h1-3,5-11,14-15,29H,4,12-13,16H2. The van der Waals surface area contributed by atoms with Crippen LogP contribution in [0.3, 0.4) is 0 Å². The largest absolute Gasteiger partial charge is 0.385 e. The van der Waals surface area contributed by atoms with Gasteiger partial charge >= 0.3 is 0 Å². The number of aliphatic hydroxyl groups is 1. The zero-order chi connectivity index (χ0) is 19.8. The van der Waals surface area contributed by atoms with Crippen molar-refractivity contribution in [2.75, 3.05) is 0 Å². The Balaban J connectivity index is 1.69. The van der Waals surface area contributed by atoms with Gasteiger partial charge in [-0.1, -0.05) is 54.6 Å². The molecule has 1 aliphatic carbocycles. The molecule has 144 valence electrons. The topological polar surface area (TPSA) is 46.0 Å². The SMILES string of the molecule is OC1(c2ccc(-c3nc4ccnc(CF)c4cc3-c3ccccc3)cc2)CCC1. The van der Waals surface area contributed by atoms with Gasteiger partial charge in [-0.2, -0.15) is 0 Å². The summed E-state index contributed by atoms with van der Waals surface area (Å²) >= 11 is 0. The Morgan fingerprint density at radius 2 is 1.69 bits per heavy atom. The van der Waals surface area contributed by atoms with E-state index in [0.29, 0.717) is 5.69 Å². The van der Waals surface area contributed by atoms with E-state index in [9.17, 15) is 9.50 Å².